The minimum atomic E-state index is -4.61. The van der Waals surface area contributed by atoms with Gasteiger partial charge in [-0.25, -0.2) is 0 Å². The Bertz CT molecular complexity index is 716. The Morgan fingerprint density at radius 2 is 2.04 bits per heavy atom. The van der Waals surface area contributed by atoms with Crippen LogP contribution in [0.3, 0.4) is 0 Å². The van der Waals surface area contributed by atoms with Gasteiger partial charge in [0.1, 0.15) is 0 Å². The molecule has 6 heteroatoms. The number of hydrogen-bond acceptors (Lipinski definition) is 1. The van der Waals surface area contributed by atoms with Crippen molar-refractivity contribution in [1.29, 1.82) is 0 Å². The maximum Gasteiger partial charge on any atom is 0.409 e. The van der Waals surface area contributed by atoms with E-state index in [0.29, 0.717) is 0 Å². The van der Waals surface area contributed by atoms with Gasteiger partial charge in [-0.3, -0.25) is 4.79 Å². The lowest BCUT2D eigenvalue weighted by Crippen LogP contribution is -2.47. The van der Waals surface area contributed by atoms with E-state index in [2.05, 4.69) is 17.2 Å². The van der Waals surface area contributed by atoms with E-state index in [9.17, 15) is 18.0 Å². The summed E-state index contributed by atoms with van der Waals surface area (Å²) < 4.78 is 43.1. The summed E-state index contributed by atoms with van der Waals surface area (Å²) in [7, 11) is 0. The average molecular weight is 372 g/mol. The molecule has 1 aromatic carbocycles. The first kappa shape index (κ1) is 19.7. The monoisotopic (exact) mass is 371 g/mol. The summed E-state index contributed by atoms with van der Waals surface area (Å²) in [5.74, 6) is 4.13. The fourth-order valence-corrected chi connectivity index (χ4v) is 3.02. The highest BCUT2D eigenvalue weighted by Gasteiger charge is 2.59. The van der Waals surface area contributed by atoms with Gasteiger partial charge in [0.2, 0.25) is 5.91 Å². The van der Waals surface area contributed by atoms with Gasteiger partial charge in [0.25, 0.3) is 0 Å². The fraction of sp³-hybridized carbons (Fsp3) is 0.526. The lowest BCUT2D eigenvalue weighted by molar-refractivity contribution is -0.186. The van der Waals surface area contributed by atoms with Crippen LogP contribution in [-0.4, -0.2) is 12.1 Å². The van der Waals surface area contributed by atoms with E-state index < -0.39 is 23.4 Å². The number of halogens is 4. The van der Waals surface area contributed by atoms with Crippen molar-refractivity contribution >= 4 is 23.2 Å². The van der Waals surface area contributed by atoms with E-state index >= 15 is 0 Å². The molecule has 0 saturated heterocycles. The van der Waals surface area contributed by atoms with Gasteiger partial charge in [0.05, 0.1) is 0 Å². The first-order chi connectivity index (χ1) is 11.6. The Morgan fingerprint density at radius 3 is 2.52 bits per heavy atom. The molecular formula is C19H21ClF3NO. The first-order valence-electron chi connectivity index (χ1n) is 8.28. The number of carbonyl (C=O) groups excluding carboxylic acids is 1. The van der Waals surface area contributed by atoms with Gasteiger partial charge in [-0.15, -0.1) is 0 Å². The van der Waals surface area contributed by atoms with Crippen LogP contribution in [0, 0.1) is 23.7 Å². The van der Waals surface area contributed by atoms with E-state index in [-0.39, 0.29) is 28.6 Å². The number of carbonyl (C=O) groups is 1. The number of alkyl halides is 3. The maximum absolute atomic E-state index is 14.4. The van der Waals surface area contributed by atoms with Gasteiger partial charge in [0, 0.05) is 29.1 Å². The number of hydrogen-bond donors (Lipinski definition) is 1. The second-order valence-corrected chi connectivity index (χ2v) is 6.97. The van der Waals surface area contributed by atoms with Crippen molar-refractivity contribution in [1.82, 2.24) is 0 Å². The molecule has 1 saturated carbocycles. The molecule has 25 heavy (non-hydrogen) atoms. The van der Waals surface area contributed by atoms with Crippen LogP contribution in [0.25, 0.3) is 0 Å². The SMILES string of the molecule is CCC(C)[C@@](C#CC1CC1)(c1cc(Cl)ccc1NC(C)=O)C(F)(F)F. The summed E-state index contributed by atoms with van der Waals surface area (Å²) in [5, 5.41) is 2.67. The van der Waals surface area contributed by atoms with E-state index in [0.717, 1.165) is 12.8 Å². The van der Waals surface area contributed by atoms with Gasteiger partial charge in [-0.2, -0.15) is 13.2 Å². The molecular weight excluding hydrogens is 351 g/mol. The van der Waals surface area contributed by atoms with Gasteiger partial charge in [-0.1, -0.05) is 43.7 Å². The topological polar surface area (TPSA) is 29.1 Å². The Kier molecular flexibility index (Phi) is 5.73. The minimum absolute atomic E-state index is 0.0224. The molecule has 1 unspecified atom stereocenters. The third-order valence-electron chi connectivity index (χ3n) is 4.57. The van der Waals surface area contributed by atoms with E-state index in [1.165, 1.54) is 32.0 Å². The molecule has 1 aliphatic rings. The molecule has 2 atom stereocenters. The number of nitrogens with one attached hydrogen (secondary N) is 1. The highest BCUT2D eigenvalue weighted by Crippen LogP contribution is 2.50. The molecule has 1 aliphatic carbocycles. The summed E-state index contributed by atoms with van der Waals surface area (Å²) in [4.78, 5) is 11.5. The lowest BCUT2D eigenvalue weighted by Gasteiger charge is -2.38. The molecule has 1 aromatic rings. The van der Waals surface area contributed by atoms with Crippen molar-refractivity contribution in [2.75, 3.05) is 5.32 Å². The summed E-state index contributed by atoms with van der Waals surface area (Å²) in [6.07, 6.45) is -2.67. The number of anilines is 1. The Hall–Kier alpha value is -1.67. The second-order valence-electron chi connectivity index (χ2n) is 6.53. The molecule has 0 aliphatic heterocycles. The molecule has 1 fully saturated rings. The number of benzene rings is 1. The molecule has 2 nitrogen and oxygen atoms in total. The van der Waals surface area contributed by atoms with Crippen LogP contribution in [-0.2, 0) is 10.2 Å². The van der Waals surface area contributed by atoms with Crippen LogP contribution < -0.4 is 5.32 Å². The molecule has 0 heterocycles. The van der Waals surface area contributed by atoms with Crippen molar-refractivity contribution in [3.63, 3.8) is 0 Å². The van der Waals surface area contributed by atoms with E-state index in [1.807, 2.05) is 0 Å². The molecule has 1 N–H and O–H groups in total. The van der Waals surface area contributed by atoms with Gasteiger partial charge in [0.15, 0.2) is 5.41 Å². The number of rotatable bonds is 4. The summed E-state index contributed by atoms with van der Waals surface area (Å²) in [5.41, 5.74) is -2.38. The van der Waals surface area contributed by atoms with Crippen LogP contribution in [0.15, 0.2) is 18.2 Å². The highest BCUT2D eigenvalue weighted by molar-refractivity contribution is 6.30. The van der Waals surface area contributed by atoms with Gasteiger partial charge in [-0.05, 0) is 37.0 Å². The normalized spacial score (nSPS) is 17.9. The molecule has 0 radical (unpaired) electrons. The van der Waals surface area contributed by atoms with Crippen LogP contribution in [0.2, 0.25) is 5.02 Å². The Morgan fingerprint density at radius 1 is 1.40 bits per heavy atom. The minimum Gasteiger partial charge on any atom is -0.326 e. The van der Waals surface area contributed by atoms with Gasteiger partial charge < -0.3 is 5.32 Å². The zero-order chi connectivity index (χ0) is 18.8. The van der Waals surface area contributed by atoms with Crippen molar-refractivity contribution in [2.45, 2.75) is 51.6 Å². The van der Waals surface area contributed by atoms with E-state index in [1.54, 1.807) is 6.92 Å². The van der Waals surface area contributed by atoms with Gasteiger partial charge >= 0.3 is 6.18 Å². The zero-order valence-electron chi connectivity index (χ0n) is 14.4. The zero-order valence-corrected chi connectivity index (χ0v) is 15.2. The third-order valence-corrected chi connectivity index (χ3v) is 4.80. The third kappa shape index (κ3) is 4.12. The van der Waals surface area contributed by atoms with Crippen LogP contribution in [0.4, 0.5) is 18.9 Å². The smallest absolute Gasteiger partial charge is 0.326 e. The standard InChI is InChI=1S/C19H21ClF3NO/c1-4-12(2)18(19(21,22)23,10-9-14-5-6-14)16-11-15(20)7-8-17(16)24-13(3)25/h7-8,11-12,14H,4-6H2,1-3H3,(H,24,25)/t12?,18-/m0/s1. The maximum atomic E-state index is 14.4. The molecule has 1 amide bonds. The quantitative estimate of drug-likeness (QED) is 0.690. The lowest BCUT2D eigenvalue weighted by atomic mass is 9.69. The Labute approximate surface area is 151 Å². The predicted octanol–water partition coefficient (Wildman–Crippen LogP) is 5.56. The first-order valence-corrected chi connectivity index (χ1v) is 8.66. The molecule has 0 aromatic heterocycles. The van der Waals surface area contributed by atoms with E-state index in [4.69, 9.17) is 11.6 Å². The van der Waals surface area contributed by atoms with Crippen molar-refractivity contribution in [2.24, 2.45) is 11.8 Å². The van der Waals surface area contributed by atoms with Crippen molar-refractivity contribution < 1.29 is 18.0 Å². The molecule has 136 valence electrons. The number of amides is 1. The largest absolute Gasteiger partial charge is 0.409 e. The average Bonchev–Trinajstić information content (AvgIpc) is 3.32. The summed E-state index contributed by atoms with van der Waals surface area (Å²) in [6, 6.07) is 4.14. The predicted molar refractivity (Wildman–Crippen MR) is 93.4 cm³/mol. The Balaban J connectivity index is 2.76. The summed E-state index contributed by atoms with van der Waals surface area (Å²) >= 11 is 6.00. The van der Waals surface area contributed by atoms with Crippen molar-refractivity contribution in [3.05, 3.63) is 28.8 Å². The fourth-order valence-electron chi connectivity index (χ4n) is 2.85. The molecule has 0 bridgehead atoms. The van der Waals surface area contributed by atoms with Crippen LogP contribution >= 0.6 is 11.6 Å². The summed E-state index contributed by atoms with van der Waals surface area (Å²) in [6.45, 7) is 4.49. The van der Waals surface area contributed by atoms with Crippen LogP contribution in [0.5, 0.6) is 0 Å². The molecule has 0 spiro atoms. The van der Waals surface area contributed by atoms with Crippen LogP contribution in [0.1, 0.15) is 45.6 Å². The second kappa shape index (κ2) is 7.29. The molecule has 2 rings (SSSR count). The van der Waals surface area contributed by atoms with Crippen molar-refractivity contribution in [3.8, 4) is 11.8 Å². The highest BCUT2D eigenvalue weighted by atomic mass is 35.5.